The van der Waals surface area contributed by atoms with Gasteiger partial charge in [-0.15, -0.1) is 0 Å². The second-order valence-corrected chi connectivity index (χ2v) is 7.25. The zero-order valence-corrected chi connectivity index (χ0v) is 14.7. The van der Waals surface area contributed by atoms with Crippen molar-refractivity contribution in [2.24, 2.45) is 0 Å². The molecule has 0 spiro atoms. The third kappa shape index (κ3) is 4.64. The van der Waals surface area contributed by atoms with Crippen molar-refractivity contribution < 1.29 is 22.1 Å². The largest absolute Gasteiger partial charge is 0.497 e. The maximum atomic E-state index is 12.9. The Morgan fingerprint density at radius 2 is 1.81 bits per heavy atom. The number of ether oxygens (including phenoxy) is 1. The van der Waals surface area contributed by atoms with Gasteiger partial charge in [0.05, 0.1) is 19.4 Å². The lowest BCUT2D eigenvalue weighted by atomic mass is 10.2. The first-order valence-corrected chi connectivity index (χ1v) is 9.29. The number of methoxy groups -OCH3 is 1. The number of aromatic nitrogens is 2. The van der Waals surface area contributed by atoms with E-state index in [2.05, 4.69) is 14.9 Å². The van der Waals surface area contributed by atoms with Gasteiger partial charge in [-0.3, -0.25) is 0 Å². The lowest BCUT2D eigenvalue weighted by Gasteiger charge is -2.04. The van der Waals surface area contributed by atoms with Gasteiger partial charge in [-0.25, -0.2) is 17.5 Å². The Morgan fingerprint density at radius 3 is 2.46 bits per heavy atom. The molecule has 9 heteroatoms. The molecule has 0 saturated carbocycles. The molecule has 0 unspecified atom stereocenters. The van der Waals surface area contributed by atoms with Gasteiger partial charge in [0, 0.05) is 5.56 Å². The van der Waals surface area contributed by atoms with Crippen LogP contribution in [-0.2, 0) is 22.3 Å². The van der Waals surface area contributed by atoms with Crippen molar-refractivity contribution in [2.75, 3.05) is 7.11 Å². The Hall–Kier alpha value is -2.78. The second kappa shape index (κ2) is 7.63. The highest BCUT2D eigenvalue weighted by Crippen LogP contribution is 2.19. The third-order valence-electron chi connectivity index (χ3n) is 3.53. The van der Waals surface area contributed by atoms with Crippen LogP contribution in [0.5, 0.6) is 5.75 Å². The van der Waals surface area contributed by atoms with Crippen molar-refractivity contribution in [1.29, 1.82) is 0 Å². The molecule has 136 valence electrons. The van der Waals surface area contributed by atoms with E-state index < -0.39 is 15.8 Å². The normalized spacial score (nSPS) is 11.5. The molecule has 0 fully saturated rings. The van der Waals surface area contributed by atoms with Gasteiger partial charge in [0.2, 0.25) is 21.7 Å². The minimum absolute atomic E-state index is 0.132. The number of sulfonamides is 1. The van der Waals surface area contributed by atoms with Crippen LogP contribution < -0.4 is 9.46 Å². The Labute approximate surface area is 149 Å². The van der Waals surface area contributed by atoms with E-state index in [1.54, 1.807) is 31.4 Å². The molecule has 3 rings (SSSR count). The first kappa shape index (κ1) is 18.0. The second-order valence-electron chi connectivity index (χ2n) is 5.45. The van der Waals surface area contributed by atoms with E-state index in [1.807, 2.05) is 0 Å². The molecule has 2 aromatic carbocycles. The average molecular weight is 377 g/mol. The number of hydrogen-bond acceptors (Lipinski definition) is 6. The van der Waals surface area contributed by atoms with Crippen molar-refractivity contribution in [1.82, 2.24) is 14.9 Å². The monoisotopic (exact) mass is 377 g/mol. The predicted octanol–water partition coefficient (Wildman–Crippen LogP) is 2.50. The average Bonchev–Trinajstić information content (AvgIpc) is 3.11. The van der Waals surface area contributed by atoms with Gasteiger partial charge in [-0.2, -0.15) is 4.98 Å². The zero-order valence-electron chi connectivity index (χ0n) is 13.8. The summed E-state index contributed by atoms with van der Waals surface area (Å²) in [6.45, 7) is -0.132. The van der Waals surface area contributed by atoms with E-state index in [0.717, 1.165) is 5.56 Å². The number of hydrogen-bond donors (Lipinski definition) is 1. The third-order valence-corrected chi connectivity index (χ3v) is 4.83. The van der Waals surface area contributed by atoms with Crippen LogP contribution in [0.15, 0.2) is 53.1 Å². The van der Waals surface area contributed by atoms with Crippen molar-refractivity contribution in [3.63, 3.8) is 0 Å². The van der Waals surface area contributed by atoms with Gasteiger partial charge in [0.1, 0.15) is 11.6 Å². The SMILES string of the molecule is COc1ccc(-c2noc(CNS(=O)(=O)Cc3ccc(F)cc3)n2)cc1. The van der Waals surface area contributed by atoms with Crippen LogP contribution in [-0.4, -0.2) is 25.7 Å². The summed E-state index contributed by atoms with van der Waals surface area (Å²) in [6, 6.07) is 12.3. The molecule has 1 heterocycles. The highest BCUT2D eigenvalue weighted by atomic mass is 32.2. The summed E-state index contributed by atoms with van der Waals surface area (Å²) in [6.07, 6.45) is 0. The molecule has 0 aliphatic carbocycles. The number of nitrogens with one attached hydrogen (secondary N) is 1. The zero-order chi connectivity index (χ0) is 18.6. The molecule has 0 atom stereocenters. The van der Waals surface area contributed by atoms with E-state index in [0.29, 0.717) is 17.1 Å². The fraction of sp³-hybridized carbons (Fsp3) is 0.176. The quantitative estimate of drug-likeness (QED) is 0.680. The summed E-state index contributed by atoms with van der Waals surface area (Å²) in [7, 11) is -2.06. The first-order valence-electron chi connectivity index (χ1n) is 7.64. The Morgan fingerprint density at radius 1 is 1.12 bits per heavy atom. The van der Waals surface area contributed by atoms with E-state index in [-0.39, 0.29) is 18.2 Å². The Bertz CT molecular complexity index is 970. The van der Waals surface area contributed by atoms with Crippen LogP contribution in [0.4, 0.5) is 4.39 Å². The lowest BCUT2D eigenvalue weighted by Crippen LogP contribution is -2.24. The van der Waals surface area contributed by atoms with Gasteiger partial charge in [-0.1, -0.05) is 17.3 Å². The molecule has 0 saturated heterocycles. The van der Waals surface area contributed by atoms with E-state index >= 15 is 0 Å². The molecule has 3 aromatic rings. The fourth-order valence-electron chi connectivity index (χ4n) is 2.21. The lowest BCUT2D eigenvalue weighted by molar-refractivity contribution is 0.376. The minimum atomic E-state index is -3.63. The van der Waals surface area contributed by atoms with Crippen LogP contribution in [0.2, 0.25) is 0 Å². The van der Waals surface area contributed by atoms with Gasteiger partial charge < -0.3 is 9.26 Å². The summed E-state index contributed by atoms with van der Waals surface area (Å²) in [5, 5.41) is 3.83. The van der Waals surface area contributed by atoms with Crippen LogP contribution >= 0.6 is 0 Å². The van der Waals surface area contributed by atoms with Crippen LogP contribution in [0, 0.1) is 5.82 Å². The fourth-order valence-corrected chi connectivity index (χ4v) is 3.28. The Balaban J connectivity index is 1.62. The molecule has 0 bridgehead atoms. The summed E-state index contributed by atoms with van der Waals surface area (Å²) in [5.74, 6) is 0.494. The maximum Gasteiger partial charge on any atom is 0.242 e. The molecule has 0 aliphatic rings. The molecular formula is C17H16FN3O4S. The summed E-state index contributed by atoms with van der Waals surface area (Å²) < 4.78 is 49.6. The van der Waals surface area contributed by atoms with Crippen molar-refractivity contribution in [3.8, 4) is 17.1 Å². The highest BCUT2D eigenvalue weighted by Gasteiger charge is 2.15. The molecular weight excluding hydrogens is 361 g/mol. The number of benzene rings is 2. The van der Waals surface area contributed by atoms with E-state index in [4.69, 9.17) is 9.26 Å². The maximum absolute atomic E-state index is 12.9. The molecule has 1 aromatic heterocycles. The first-order chi connectivity index (χ1) is 12.4. The van der Waals surface area contributed by atoms with E-state index in [9.17, 15) is 12.8 Å². The molecule has 0 aliphatic heterocycles. The highest BCUT2D eigenvalue weighted by molar-refractivity contribution is 7.88. The number of halogens is 1. The summed E-state index contributed by atoms with van der Waals surface area (Å²) >= 11 is 0. The van der Waals surface area contributed by atoms with Gasteiger partial charge in [0.25, 0.3) is 0 Å². The number of nitrogens with zero attached hydrogens (tertiary/aromatic N) is 2. The van der Waals surface area contributed by atoms with Crippen molar-refractivity contribution in [3.05, 3.63) is 65.8 Å². The topological polar surface area (TPSA) is 94.3 Å². The van der Waals surface area contributed by atoms with Gasteiger partial charge in [0.15, 0.2) is 0 Å². The molecule has 7 nitrogen and oxygen atoms in total. The van der Waals surface area contributed by atoms with Crippen LogP contribution in [0.25, 0.3) is 11.4 Å². The number of rotatable bonds is 7. The Kier molecular flexibility index (Phi) is 5.29. The van der Waals surface area contributed by atoms with E-state index in [1.165, 1.54) is 24.3 Å². The summed E-state index contributed by atoms with van der Waals surface area (Å²) in [4.78, 5) is 4.16. The van der Waals surface area contributed by atoms with Crippen LogP contribution in [0.1, 0.15) is 11.5 Å². The minimum Gasteiger partial charge on any atom is -0.497 e. The summed E-state index contributed by atoms with van der Waals surface area (Å²) in [5.41, 5.74) is 1.19. The van der Waals surface area contributed by atoms with Gasteiger partial charge >= 0.3 is 0 Å². The van der Waals surface area contributed by atoms with Crippen molar-refractivity contribution in [2.45, 2.75) is 12.3 Å². The predicted molar refractivity (Wildman–Crippen MR) is 92.1 cm³/mol. The van der Waals surface area contributed by atoms with Crippen LogP contribution in [0.3, 0.4) is 0 Å². The smallest absolute Gasteiger partial charge is 0.242 e. The molecule has 0 amide bonds. The van der Waals surface area contributed by atoms with Crippen molar-refractivity contribution >= 4 is 10.0 Å². The molecule has 26 heavy (non-hydrogen) atoms. The molecule has 1 N–H and O–H groups in total. The van der Waals surface area contributed by atoms with Gasteiger partial charge in [-0.05, 0) is 42.0 Å². The molecule has 0 radical (unpaired) electrons. The standard InChI is InChI=1S/C17H16FN3O4S/c1-24-15-8-4-13(5-9-15)17-20-16(25-21-17)10-19-26(22,23)11-12-2-6-14(18)7-3-12/h2-9,19H,10-11H2,1H3.